The highest BCUT2D eigenvalue weighted by molar-refractivity contribution is 5.97. The van der Waals surface area contributed by atoms with Gasteiger partial charge in [0.25, 0.3) is 12.2 Å². The first-order valence-electron chi connectivity index (χ1n) is 8.79. The minimum Gasteiger partial charge on any atom is -0.458 e. The molecule has 5 heteroatoms. The molecule has 2 fully saturated rings. The Balaban J connectivity index is 1.41. The summed E-state index contributed by atoms with van der Waals surface area (Å²) in [6.45, 7) is 1.68. The number of hydrogen-bond acceptors (Lipinski definition) is 4. The number of benzene rings is 1. The molecule has 1 saturated carbocycles. The smallest absolute Gasteiger partial charge is 0.336 e. The first-order valence-corrected chi connectivity index (χ1v) is 8.79. The summed E-state index contributed by atoms with van der Waals surface area (Å²) in [5.41, 5.74) is 5.20. The van der Waals surface area contributed by atoms with Crippen molar-refractivity contribution in [3.8, 4) is 0 Å². The van der Waals surface area contributed by atoms with Gasteiger partial charge in [-0.2, -0.15) is 0 Å². The Morgan fingerprint density at radius 2 is 2.12 bits per heavy atom. The summed E-state index contributed by atoms with van der Waals surface area (Å²) in [5, 5.41) is 3.13. The first kappa shape index (κ1) is 14.8. The van der Waals surface area contributed by atoms with Crippen molar-refractivity contribution in [2.75, 3.05) is 0 Å². The van der Waals surface area contributed by atoms with Crippen LogP contribution in [0.5, 0.6) is 0 Å². The molecule has 1 aromatic rings. The van der Waals surface area contributed by atoms with Gasteiger partial charge in [-0.3, -0.25) is 4.79 Å². The molecule has 128 valence electrons. The molecule has 2 heterocycles. The van der Waals surface area contributed by atoms with Crippen molar-refractivity contribution in [1.82, 2.24) is 5.32 Å². The van der Waals surface area contributed by atoms with Crippen molar-refractivity contribution >= 4 is 11.9 Å². The van der Waals surface area contributed by atoms with Gasteiger partial charge in [0.15, 0.2) is 0 Å². The van der Waals surface area contributed by atoms with Crippen LogP contribution < -0.4 is 5.32 Å². The molecule has 0 bridgehead atoms. The number of nitrogens with one attached hydrogen (secondary N) is 1. The van der Waals surface area contributed by atoms with E-state index >= 15 is 0 Å². The Kier molecular flexibility index (Phi) is 3.08. The number of esters is 1. The molecule has 0 aromatic heterocycles. The van der Waals surface area contributed by atoms with Crippen LogP contribution in [0, 0.1) is 5.92 Å². The quantitative estimate of drug-likeness (QED) is 0.523. The van der Waals surface area contributed by atoms with Crippen LogP contribution in [0.3, 0.4) is 0 Å². The first-order chi connectivity index (χ1) is 12.1. The van der Waals surface area contributed by atoms with Crippen molar-refractivity contribution in [2.24, 2.45) is 5.92 Å². The third-order valence-electron chi connectivity index (χ3n) is 5.61. The van der Waals surface area contributed by atoms with Crippen molar-refractivity contribution < 1.29 is 19.1 Å². The van der Waals surface area contributed by atoms with E-state index in [1.807, 2.05) is 0 Å². The van der Waals surface area contributed by atoms with E-state index in [2.05, 4.69) is 23.5 Å². The topological polar surface area (TPSA) is 64.6 Å². The van der Waals surface area contributed by atoms with Crippen molar-refractivity contribution in [1.29, 1.82) is 0 Å². The molecule has 2 aliphatic carbocycles. The molecular weight excluding hydrogens is 318 g/mol. The van der Waals surface area contributed by atoms with Crippen LogP contribution in [0.4, 0.5) is 0 Å². The van der Waals surface area contributed by atoms with Crippen LogP contribution in [-0.2, 0) is 25.5 Å². The third kappa shape index (κ3) is 2.29. The van der Waals surface area contributed by atoms with Gasteiger partial charge in [0.05, 0.1) is 17.9 Å². The van der Waals surface area contributed by atoms with Gasteiger partial charge in [0, 0.05) is 17.6 Å². The predicted molar refractivity (Wildman–Crippen MR) is 89.3 cm³/mol. The van der Waals surface area contributed by atoms with Gasteiger partial charge in [0.2, 0.25) is 0 Å². The second-order valence-electron chi connectivity index (χ2n) is 7.29. The van der Waals surface area contributed by atoms with E-state index in [-0.39, 0.29) is 23.8 Å². The Hall–Kier alpha value is -2.56. The van der Waals surface area contributed by atoms with E-state index in [4.69, 9.17) is 9.47 Å². The Morgan fingerprint density at radius 3 is 2.84 bits per heavy atom. The molecule has 1 saturated heterocycles. The summed E-state index contributed by atoms with van der Waals surface area (Å²) < 4.78 is 10.6. The molecule has 2 aliphatic heterocycles. The molecular formula is C20H19NO4. The standard InChI is InChI=1S/C20H19NO4/c1-10-7-16(25-20(10)23)24-9-15-14-8-12-3-2-4-13(11-5-6-11)17(12)18(14)21-19(15)22/h2-4,7,9,11,14,16,18H,5-6,8H2,1H3,(H,21,22)/b15-9+/t14-,16+,18+/m1/s1. The number of carbonyl (C=O) groups is 2. The van der Waals surface area contributed by atoms with E-state index in [9.17, 15) is 9.59 Å². The highest BCUT2D eigenvalue weighted by Gasteiger charge is 2.46. The monoisotopic (exact) mass is 337 g/mol. The predicted octanol–water partition coefficient (Wildman–Crippen LogP) is 2.64. The van der Waals surface area contributed by atoms with Gasteiger partial charge < -0.3 is 14.8 Å². The number of cyclic esters (lactones) is 1. The normalized spacial score (nSPS) is 31.5. The Bertz CT molecular complexity index is 849. The highest BCUT2D eigenvalue weighted by Crippen LogP contribution is 2.51. The maximum absolute atomic E-state index is 12.4. The number of rotatable bonds is 3. The van der Waals surface area contributed by atoms with E-state index < -0.39 is 6.29 Å². The van der Waals surface area contributed by atoms with E-state index in [0.717, 1.165) is 6.42 Å². The minimum absolute atomic E-state index is 0.0394. The average molecular weight is 337 g/mol. The maximum Gasteiger partial charge on any atom is 0.336 e. The maximum atomic E-state index is 12.4. The fraction of sp³-hybridized carbons (Fsp3) is 0.400. The van der Waals surface area contributed by atoms with Crippen LogP contribution in [0.15, 0.2) is 41.7 Å². The number of fused-ring (bicyclic) bond motifs is 3. The fourth-order valence-corrected chi connectivity index (χ4v) is 4.20. The number of amides is 1. The van der Waals surface area contributed by atoms with Gasteiger partial charge >= 0.3 is 5.97 Å². The Morgan fingerprint density at radius 1 is 1.28 bits per heavy atom. The van der Waals surface area contributed by atoms with Gasteiger partial charge in [0.1, 0.15) is 0 Å². The van der Waals surface area contributed by atoms with Gasteiger partial charge in [-0.25, -0.2) is 4.79 Å². The zero-order valence-corrected chi connectivity index (χ0v) is 14.0. The van der Waals surface area contributed by atoms with Gasteiger partial charge in [-0.15, -0.1) is 0 Å². The van der Waals surface area contributed by atoms with Gasteiger partial charge in [-0.05, 0) is 48.8 Å². The summed E-state index contributed by atoms with van der Waals surface area (Å²) in [5.74, 6) is 0.279. The second kappa shape index (κ2) is 5.22. The summed E-state index contributed by atoms with van der Waals surface area (Å²) in [6.07, 6.45) is 5.69. The van der Waals surface area contributed by atoms with Crippen LogP contribution in [0.25, 0.3) is 0 Å². The van der Waals surface area contributed by atoms with Crippen LogP contribution in [0.2, 0.25) is 0 Å². The lowest BCUT2D eigenvalue weighted by atomic mass is 9.95. The lowest BCUT2D eigenvalue weighted by molar-refractivity contribution is -0.152. The van der Waals surface area contributed by atoms with Crippen LogP contribution in [0.1, 0.15) is 48.4 Å². The SMILES string of the molecule is CC1=C[C@@H](O/C=C2/C(=O)N[C@@H]3c4c(cccc4C4CC4)C[C@H]23)OC1=O. The largest absolute Gasteiger partial charge is 0.458 e. The highest BCUT2D eigenvalue weighted by atomic mass is 16.7. The van der Waals surface area contributed by atoms with Crippen molar-refractivity contribution in [3.63, 3.8) is 0 Å². The lowest BCUT2D eigenvalue weighted by Crippen LogP contribution is -2.20. The average Bonchev–Trinajstić information content (AvgIpc) is 3.22. The zero-order valence-electron chi connectivity index (χ0n) is 14.0. The van der Waals surface area contributed by atoms with E-state index in [1.54, 1.807) is 13.0 Å². The van der Waals surface area contributed by atoms with Crippen LogP contribution >= 0.6 is 0 Å². The molecule has 5 rings (SSSR count). The fourth-order valence-electron chi connectivity index (χ4n) is 4.20. The van der Waals surface area contributed by atoms with Gasteiger partial charge in [-0.1, -0.05) is 18.2 Å². The summed E-state index contributed by atoms with van der Waals surface area (Å²) in [6, 6.07) is 6.53. The van der Waals surface area contributed by atoms with Crippen molar-refractivity contribution in [2.45, 2.75) is 44.4 Å². The molecule has 4 aliphatic rings. The molecule has 5 nitrogen and oxygen atoms in total. The molecule has 1 aromatic carbocycles. The molecule has 1 N–H and O–H groups in total. The molecule has 0 unspecified atom stereocenters. The zero-order chi connectivity index (χ0) is 17.1. The lowest BCUT2D eigenvalue weighted by Gasteiger charge is -2.14. The summed E-state index contributed by atoms with van der Waals surface area (Å²) >= 11 is 0. The van der Waals surface area contributed by atoms with E-state index in [1.165, 1.54) is 35.8 Å². The van der Waals surface area contributed by atoms with E-state index in [0.29, 0.717) is 17.1 Å². The molecule has 0 spiro atoms. The Labute approximate surface area is 145 Å². The molecule has 0 radical (unpaired) electrons. The summed E-state index contributed by atoms with van der Waals surface area (Å²) in [7, 11) is 0. The molecule has 3 atom stereocenters. The van der Waals surface area contributed by atoms with Crippen molar-refractivity contribution in [3.05, 3.63) is 58.4 Å². The van der Waals surface area contributed by atoms with Crippen LogP contribution in [-0.4, -0.2) is 18.2 Å². The number of hydrogen-bond donors (Lipinski definition) is 1. The minimum atomic E-state index is -0.738. The number of ether oxygens (including phenoxy) is 2. The molecule has 25 heavy (non-hydrogen) atoms. The number of carbonyl (C=O) groups excluding carboxylic acids is 2. The second-order valence-corrected chi connectivity index (χ2v) is 7.29. The summed E-state index contributed by atoms with van der Waals surface area (Å²) in [4.78, 5) is 23.9. The molecule has 1 amide bonds. The third-order valence-corrected chi connectivity index (χ3v) is 5.61.